The number of carbonyl (C=O) groups is 2. The summed E-state index contributed by atoms with van der Waals surface area (Å²) in [5, 5.41) is 17.7. The van der Waals surface area contributed by atoms with Crippen LogP contribution < -0.4 is 0 Å². The number of nitrogens with zero attached hydrogens (tertiary/aromatic N) is 2. The molecule has 0 aromatic rings. The van der Waals surface area contributed by atoms with E-state index < -0.39 is 11.9 Å². The Morgan fingerprint density at radius 1 is 1.22 bits per heavy atom. The van der Waals surface area contributed by atoms with E-state index in [1.807, 2.05) is 0 Å². The van der Waals surface area contributed by atoms with Gasteiger partial charge in [-0.05, 0) is 25.7 Å². The van der Waals surface area contributed by atoms with E-state index in [4.69, 9.17) is 10.4 Å². The lowest BCUT2D eigenvalue weighted by atomic mass is 9.94. The van der Waals surface area contributed by atoms with Crippen LogP contribution in [0.4, 0.5) is 0 Å². The molecule has 0 saturated heterocycles. The molecule has 18 heavy (non-hydrogen) atoms. The van der Waals surface area contributed by atoms with Gasteiger partial charge < -0.3 is 10.0 Å². The van der Waals surface area contributed by atoms with Gasteiger partial charge in [0.2, 0.25) is 5.91 Å². The summed E-state index contributed by atoms with van der Waals surface area (Å²) in [6.07, 6.45) is 4.38. The number of carbonyl (C=O) groups excluding carboxylic acids is 1. The van der Waals surface area contributed by atoms with Crippen LogP contribution in [0.1, 0.15) is 38.5 Å². The molecule has 2 fully saturated rings. The molecule has 0 unspecified atom stereocenters. The zero-order valence-corrected chi connectivity index (χ0v) is 10.3. The van der Waals surface area contributed by atoms with Crippen molar-refractivity contribution in [1.29, 1.82) is 5.26 Å². The van der Waals surface area contributed by atoms with Gasteiger partial charge in [-0.1, -0.05) is 6.42 Å². The van der Waals surface area contributed by atoms with Gasteiger partial charge in [-0.25, -0.2) is 0 Å². The first kappa shape index (κ1) is 12.9. The summed E-state index contributed by atoms with van der Waals surface area (Å²) in [6.45, 7) is 0.447. The average Bonchev–Trinajstić information content (AvgIpc) is 3.05. The lowest BCUT2D eigenvalue weighted by molar-refractivity contribution is -0.149. The minimum atomic E-state index is -0.859. The second-order valence-electron chi connectivity index (χ2n) is 5.15. The molecule has 5 nitrogen and oxygen atoms in total. The minimum Gasteiger partial charge on any atom is -0.481 e. The van der Waals surface area contributed by atoms with E-state index in [0.717, 1.165) is 19.3 Å². The van der Waals surface area contributed by atoms with Crippen LogP contribution >= 0.6 is 0 Å². The Hall–Kier alpha value is -1.57. The third-order valence-corrected chi connectivity index (χ3v) is 3.89. The van der Waals surface area contributed by atoms with Crippen molar-refractivity contribution >= 4 is 11.9 Å². The van der Waals surface area contributed by atoms with Crippen LogP contribution in [0.5, 0.6) is 0 Å². The van der Waals surface area contributed by atoms with Crippen LogP contribution in [0.3, 0.4) is 0 Å². The molecule has 1 amide bonds. The van der Waals surface area contributed by atoms with Crippen LogP contribution in [-0.4, -0.2) is 34.5 Å². The van der Waals surface area contributed by atoms with E-state index >= 15 is 0 Å². The maximum atomic E-state index is 12.4. The maximum absolute atomic E-state index is 12.4. The zero-order chi connectivity index (χ0) is 13.1. The molecule has 2 saturated carbocycles. The number of rotatable bonds is 5. The first-order valence-electron chi connectivity index (χ1n) is 6.55. The molecule has 2 aliphatic carbocycles. The van der Waals surface area contributed by atoms with E-state index in [9.17, 15) is 9.59 Å². The minimum absolute atomic E-state index is 0.0438. The van der Waals surface area contributed by atoms with Crippen LogP contribution in [0.25, 0.3) is 0 Å². The SMILES string of the molecule is N#CCCN(C(=O)[C@@H]1CCC[C@@H]1C(=O)O)C1CC1. The quantitative estimate of drug-likeness (QED) is 0.799. The monoisotopic (exact) mass is 250 g/mol. The van der Waals surface area contributed by atoms with Crippen LogP contribution in [0, 0.1) is 23.2 Å². The van der Waals surface area contributed by atoms with Gasteiger partial charge in [0.25, 0.3) is 0 Å². The van der Waals surface area contributed by atoms with Crippen molar-refractivity contribution in [1.82, 2.24) is 4.90 Å². The van der Waals surface area contributed by atoms with E-state index in [1.54, 1.807) is 4.90 Å². The average molecular weight is 250 g/mol. The molecular weight excluding hydrogens is 232 g/mol. The molecule has 2 atom stereocenters. The van der Waals surface area contributed by atoms with Gasteiger partial charge in [-0.15, -0.1) is 0 Å². The number of nitriles is 1. The van der Waals surface area contributed by atoms with Crippen molar-refractivity contribution in [3.05, 3.63) is 0 Å². The highest BCUT2D eigenvalue weighted by Crippen LogP contribution is 2.36. The topological polar surface area (TPSA) is 81.4 Å². The standard InChI is InChI=1S/C13H18N2O3/c14-7-2-8-15(9-5-6-9)12(16)10-3-1-4-11(10)13(17)18/h9-11H,1-6,8H2,(H,17,18)/t10-,11+/m1/s1. The molecule has 98 valence electrons. The highest BCUT2D eigenvalue weighted by molar-refractivity contribution is 5.85. The second-order valence-corrected chi connectivity index (χ2v) is 5.15. The van der Waals surface area contributed by atoms with Gasteiger partial charge in [0.05, 0.1) is 24.3 Å². The summed E-state index contributed by atoms with van der Waals surface area (Å²) >= 11 is 0. The summed E-state index contributed by atoms with van der Waals surface area (Å²) < 4.78 is 0. The third-order valence-electron chi connectivity index (χ3n) is 3.89. The van der Waals surface area contributed by atoms with Gasteiger partial charge in [0.15, 0.2) is 0 Å². The Balaban J connectivity index is 2.03. The first-order valence-corrected chi connectivity index (χ1v) is 6.55. The number of carboxylic acid groups (broad SMARTS) is 1. The van der Waals surface area contributed by atoms with Crippen molar-refractivity contribution in [2.75, 3.05) is 6.54 Å². The lowest BCUT2D eigenvalue weighted by Gasteiger charge is -2.26. The van der Waals surface area contributed by atoms with E-state index in [0.29, 0.717) is 25.8 Å². The Bertz CT molecular complexity index is 384. The summed E-state index contributed by atoms with van der Waals surface area (Å²) in [6, 6.07) is 2.30. The number of aliphatic carboxylic acids is 1. The molecule has 0 heterocycles. The first-order chi connectivity index (χ1) is 8.65. The Kier molecular flexibility index (Phi) is 3.85. The fourth-order valence-corrected chi connectivity index (χ4v) is 2.79. The number of hydrogen-bond acceptors (Lipinski definition) is 3. The smallest absolute Gasteiger partial charge is 0.307 e. The number of carboxylic acids is 1. The molecule has 2 rings (SSSR count). The number of amides is 1. The predicted octanol–water partition coefficient (Wildman–Crippen LogP) is 1.39. The van der Waals surface area contributed by atoms with Crippen molar-refractivity contribution in [3.63, 3.8) is 0 Å². The summed E-state index contributed by atoms with van der Waals surface area (Å²) in [7, 11) is 0. The Morgan fingerprint density at radius 3 is 2.44 bits per heavy atom. The molecule has 1 N–H and O–H groups in total. The lowest BCUT2D eigenvalue weighted by Crippen LogP contribution is -2.41. The van der Waals surface area contributed by atoms with Gasteiger partial charge in [-0.2, -0.15) is 5.26 Å². The largest absolute Gasteiger partial charge is 0.481 e. The molecule has 0 bridgehead atoms. The Labute approximate surface area is 106 Å². The third kappa shape index (κ3) is 2.63. The molecule has 2 aliphatic rings. The maximum Gasteiger partial charge on any atom is 0.307 e. The highest BCUT2D eigenvalue weighted by atomic mass is 16.4. The van der Waals surface area contributed by atoms with Crippen LogP contribution in [-0.2, 0) is 9.59 Å². The molecule has 0 spiro atoms. The van der Waals surface area contributed by atoms with Gasteiger partial charge in [-0.3, -0.25) is 9.59 Å². The molecule has 0 aromatic carbocycles. The van der Waals surface area contributed by atoms with Crippen LogP contribution in [0.15, 0.2) is 0 Å². The number of hydrogen-bond donors (Lipinski definition) is 1. The molecular formula is C13H18N2O3. The fraction of sp³-hybridized carbons (Fsp3) is 0.769. The van der Waals surface area contributed by atoms with Crippen molar-refractivity contribution in [3.8, 4) is 6.07 Å². The second kappa shape index (κ2) is 5.38. The molecule has 0 radical (unpaired) electrons. The molecule has 5 heteroatoms. The van der Waals surface area contributed by atoms with Gasteiger partial charge in [0, 0.05) is 12.6 Å². The van der Waals surface area contributed by atoms with E-state index in [2.05, 4.69) is 6.07 Å². The Morgan fingerprint density at radius 2 is 1.89 bits per heavy atom. The van der Waals surface area contributed by atoms with Crippen molar-refractivity contribution in [2.24, 2.45) is 11.8 Å². The van der Waals surface area contributed by atoms with Gasteiger partial charge in [0.1, 0.15) is 0 Å². The molecule has 0 aromatic heterocycles. The zero-order valence-electron chi connectivity index (χ0n) is 10.3. The fourth-order valence-electron chi connectivity index (χ4n) is 2.79. The normalized spacial score (nSPS) is 26.6. The summed E-state index contributed by atoms with van der Waals surface area (Å²) in [4.78, 5) is 25.3. The van der Waals surface area contributed by atoms with Crippen molar-refractivity contribution in [2.45, 2.75) is 44.6 Å². The summed E-state index contributed by atoms with van der Waals surface area (Å²) in [5.74, 6) is -1.80. The molecule has 0 aliphatic heterocycles. The predicted molar refractivity (Wildman–Crippen MR) is 63.4 cm³/mol. The highest BCUT2D eigenvalue weighted by Gasteiger charge is 2.42. The van der Waals surface area contributed by atoms with E-state index in [-0.39, 0.29) is 17.9 Å². The van der Waals surface area contributed by atoms with Crippen LogP contribution in [0.2, 0.25) is 0 Å². The van der Waals surface area contributed by atoms with E-state index in [1.165, 1.54) is 0 Å². The summed E-state index contributed by atoms with van der Waals surface area (Å²) in [5.41, 5.74) is 0. The van der Waals surface area contributed by atoms with Crippen molar-refractivity contribution < 1.29 is 14.7 Å². The van der Waals surface area contributed by atoms with Gasteiger partial charge >= 0.3 is 5.97 Å².